The van der Waals surface area contributed by atoms with Gasteiger partial charge in [0.1, 0.15) is 12.4 Å². The van der Waals surface area contributed by atoms with Crippen molar-refractivity contribution in [1.82, 2.24) is 4.57 Å². The molecule has 0 aliphatic heterocycles. The Kier molecular flexibility index (Phi) is 8.15. The van der Waals surface area contributed by atoms with E-state index in [1.54, 1.807) is 36.4 Å². The number of carbonyl (C=O) groups is 2. The van der Waals surface area contributed by atoms with Crippen molar-refractivity contribution in [1.29, 1.82) is 0 Å². The van der Waals surface area contributed by atoms with Gasteiger partial charge in [-0.15, -0.1) is 0 Å². The Labute approximate surface area is 197 Å². The topological polar surface area (TPSA) is 57.5 Å². The van der Waals surface area contributed by atoms with Gasteiger partial charge in [-0.2, -0.15) is 24.3 Å². The van der Waals surface area contributed by atoms with Crippen LogP contribution < -0.4 is 4.74 Å². The third-order valence-corrected chi connectivity index (χ3v) is 4.60. The third-order valence-electron chi connectivity index (χ3n) is 4.60. The van der Waals surface area contributed by atoms with E-state index < -0.39 is 5.97 Å². The molecule has 0 amide bonds. The summed E-state index contributed by atoms with van der Waals surface area (Å²) in [5.41, 5.74) is 2.22. The van der Waals surface area contributed by atoms with Crippen molar-refractivity contribution >= 4 is 36.4 Å². The van der Waals surface area contributed by atoms with E-state index in [2.05, 4.69) is 19.7 Å². The number of hydrogen-bond acceptors (Lipinski definition) is 4. The number of methoxy groups -OCH3 is 1. The minimum atomic E-state index is -0.505. The Balaban J connectivity index is 0.00000132. The van der Waals surface area contributed by atoms with Crippen molar-refractivity contribution in [3.8, 4) is 5.75 Å². The van der Waals surface area contributed by atoms with Crippen molar-refractivity contribution in [3.05, 3.63) is 102 Å². The van der Waals surface area contributed by atoms with Crippen molar-refractivity contribution in [3.63, 3.8) is 0 Å². The Hall–Kier alpha value is -2.76. The van der Waals surface area contributed by atoms with E-state index in [9.17, 15) is 9.59 Å². The molecule has 7 heteroatoms. The van der Waals surface area contributed by atoms with Crippen LogP contribution in [-0.2, 0) is 27.7 Å². The zero-order valence-electron chi connectivity index (χ0n) is 16.9. The fourth-order valence-electron chi connectivity index (χ4n) is 3.17. The summed E-state index contributed by atoms with van der Waals surface area (Å²) in [6.07, 6.45) is 1.49. The fourth-order valence-corrected chi connectivity index (χ4v) is 3.17. The van der Waals surface area contributed by atoms with Gasteiger partial charge in [-0.05, 0) is 17.7 Å². The molecule has 0 radical (unpaired) electrons. The van der Waals surface area contributed by atoms with Gasteiger partial charge in [0.2, 0.25) is 0 Å². The van der Waals surface area contributed by atoms with E-state index in [-0.39, 0.29) is 5.91 Å². The fraction of sp³-hybridized carbons (Fsp3) is 0.0833. The summed E-state index contributed by atoms with van der Waals surface area (Å²) in [6.45, 7) is 0.344. The molecule has 0 aliphatic carbocycles. The number of benzene rings is 3. The van der Waals surface area contributed by atoms with Crippen LogP contribution in [0.5, 0.6) is 5.75 Å². The molecule has 5 nitrogen and oxygen atoms in total. The van der Waals surface area contributed by atoms with Crippen molar-refractivity contribution in [2.45, 2.75) is 6.61 Å². The standard InChI is InChI=1S/C24H18NO4.BrH.Zn/c1-28-24(27)20-15-25(21-13-7-5-11-18(20)21)23(26)19-12-6-8-14-22(19)29-16-17-9-3-2-4-10-17;;/h2-12,14-15H,16H2,1H3;1H;/q-1;;+2/p-1. The maximum atomic E-state index is 13.3. The number of fused-ring (bicyclic) bond motifs is 1. The summed E-state index contributed by atoms with van der Waals surface area (Å²) < 4.78 is 12.2. The molecule has 0 saturated heterocycles. The molecular formula is C24H18BrNO4Zn. The first-order chi connectivity index (χ1) is 15.2. The molecule has 4 aromatic rings. The summed E-state index contributed by atoms with van der Waals surface area (Å²) in [6, 6.07) is 25.1. The van der Waals surface area contributed by atoms with Gasteiger partial charge in [0.05, 0.1) is 12.7 Å². The van der Waals surface area contributed by atoms with Gasteiger partial charge in [0.15, 0.2) is 0 Å². The molecule has 1 heterocycles. The molecule has 0 atom stereocenters. The number of carbonyl (C=O) groups excluding carboxylic acids is 2. The molecule has 152 valence electrons. The Morgan fingerprint density at radius 2 is 1.68 bits per heavy atom. The van der Waals surface area contributed by atoms with Crippen molar-refractivity contribution < 1.29 is 35.4 Å². The minimum absolute atomic E-state index is 0.309. The first-order valence-corrected chi connectivity index (χ1v) is 16.3. The molecule has 0 spiro atoms. The molecule has 0 unspecified atom stereocenters. The summed E-state index contributed by atoms with van der Waals surface area (Å²) >= 11 is 4.25. The SMILES string of the molecule is COC(=O)c1cn(C(=O)c2ccccc2OCc2ccccc2)c2[c-]cccc12.[Zn+][Br]. The van der Waals surface area contributed by atoms with E-state index in [1.165, 1.54) is 34.2 Å². The van der Waals surface area contributed by atoms with Crippen LogP contribution in [0.1, 0.15) is 26.3 Å². The van der Waals surface area contributed by atoms with Gasteiger partial charge in [0.25, 0.3) is 5.91 Å². The number of aromatic nitrogens is 1. The van der Waals surface area contributed by atoms with Gasteiger partial charge >= 0.3 is 35.9 Å². The summed E-state index contributed by atoms with van der Waals surface area (Å²) in [5, 5.41) is 0.607. The first kappa shape index (κ1) is 22.9. The van der Waals surface area contributed by atoms with E-state index >= 15 is 0 Å². The Bertz CT molecular complexity index is 1190. The zero-order valence-corrected chi connectivity index (χ0v) is 21.4. The second-order valence-corrected chi connectivity index (χ2v) is 6.41. The second kappa shape index (κ2) is 11.0. The quantitative estimate of drug-likeness (QED) is 0.199. The van der Waals surface area contributed by atoms with Gasteiger partial charge < -0.3 is 14.0 Å². The average molecular weight is 530 g/mol. The van der Waals surface area contributed by atoms with Gasteiger partial charge in [-0.25, -0.2) is 4.79 Å². The van der Waals surface area contributed by atoms with Crippen molar-refractivity contribution in [2.24, 2.45) is 0 Å². The van der Waals surface area contributed by atoms with E-state index in [0.29, 0.717) is 34.4 Å². The van der Waals surface area contributed by atoms with Crippen molar-refractivity contribution in [2.75, 3.05) is 7.11 Å². The molecular weight excluding hydrogens is 512 g/mol. The number of halogens is 1. The zero-order chi connectivity index (χ0) is 22.2. The number of hydrogen-bond donors (Lipinski definition) is 0. The molecule has 31 heavy (non-hydrogen) atoms. The molecule has 0 aliphatic rings. The molecule has 0 N–H and O–H groups in total. The number of ether oxygens (including phenoxy) is 2. The predicted molar refractivity (Wildman–Crippen MR) is 118 cm³/mol. The van der Waals surface area contributed by atoms with Crippen LogP contribution in [0.15, 0.2) is 79.0 Å². The Morgan fingerprint density at radius 3 is 2.42 bits per heavy atom. The van der Waals surface area contributed by atoms with Crippen LogP contribution in [0.25, 0.3) is 10.9 Å². The van der Waals surface area contributed by atoms with Crippen LogP contribution in [0.2, 0.25) is 0 Å². The summed E-state index contributed by atoms with van der Waals surface area (Å²) in [5.74, 6) is -0.343. The number of para-hydroxylation sites is 2. The normalized spacial score (nSPS) is 10.2. The van der Waals surface area contributed by atoms with Crippen LogP contribution in [0.3, 0.4) is 0 Å². The van der Waals surface area contributed by atoms with Gasteiger partial charge in [0, 0.05) is 11.8 Å². The molecule has 0 bridgehead atoms. The summed E-state index contributed by atoms with van der Waals surface area (Å²) in [4.78, 5) is 25.5. The van der Waals surface area contributed by atoms with E-state index in [4.69, 9.17) is 9.47 Å². The number of esters is 1. The van der Waals surface area contributed by atoms with E-state index in [0.717, 1.165) is 5.56 Å². The second-order valence-electron chi connectivity index (χ2n) is 6.41. The predicted octanol–water partition coefficient (Wildman–Crippen LogP) is 5.34. The number of rotatable bonds is 5. The monoisotopic (exact) mass is 527 g/mol. The van der Waals surface area contributed by atoms with Crippen LogP contribution >= 0.6 is 13.6 Å². The first-order valence-electron chi connectivity index (χ1n) is 9.36. The molecule has 4 rings (SSSR count). The maximum absolute atomic E-state index is 13.3. The van der Waals surface area contributed by atoms with E-state index in [1.807, 2.05) is 36.4 Å². The van der Waals surface area contributed by atoms with Gasteiger partial charge in [-0.3, -0.25) is 4.79 Å². The average Bonchev–Trinajstić information content (AvgIpc) is 3.24. The molecule has 1 aromatic heterocycles. The number of nitrogens with zero attached hydrogens (tertiary/aromatic N) is 1. The summed E-state index contributed by atoms with van der Waals surface area (Å²) in [7, 11) is 1.31. The molecule has 3 aromatic carbocycles. The van der Waals surface area contributed by atoms with Crippen LogP contribution in [0, 0.1) is 6.07 Å². The van der Waals surface area contributed by atoms with Gasteiger partial charge in [-0.1, -0.05) is 53.4 Å². The molecule has 0 saturated carbocycles. The molecule has 0 fully saturated rings. The van der Waals surface area contributed by atoms with Crippen LogP contribution in [0.4, 0.5) is 0 Å². The Morgan fingerprint density at radius 1 is 0.968 bits per heavy atom. The third kappa shape index (κ3) is 5.12. The van der Waals surface area contributed by atoms with Crippen LogP contribution in [-0.4, -0.2) is 23.6 Å².